The van der Waals surface area contributed by atoms with Gasteiger partial charge in [-0.15, -0.1) is 0 Å². The third-order valence-corrected chi connectivity index (χ3v) is 2.39. The van der Waals surface area contributed by atoms with Crippen molar-refractivity contribution < 1.29 is 14.6 Å². The van der Waals surface area contributed by atoms with Crippen LogP contribution in [0, 0.1) is 6.92 Å². The van der Waals surface area contributed by atoms with Gasteiger partial charge in [0.25, 0.3) is 0 Å². The third kappa shape index (κ3) is 2.73. The summed E-state index contributed by atoms with van der Waals surface area (Å²) in [4.78, 5) is 10.6. The van der Waals surface area contributed by atoms with E-state index in [4.69, 9.17) is 9.84 Å². The van der Waals surface area contributed by atoms with Crippen LogP contribution in [-0.4, -0.2) is 17.2 Å². The summed E-state index contributed by atoms with van der Waals surface area (Å²) < 4.78 is 6.00. The van der Waals surface area contributed by atoms with Crippen LogP contribution in [0.5, 0.6) is 5.75 Å². The number of aryl methyl sites for hydroxylation is 1. The predicted octanol–water partition coefficient (Wildman–Crippen LogP) is 2.61. The lowest BCUT2D eigenvalue weighted by Crippen LogP contribution is -2.23. The second-order valence-corrected chi connectivity index (χ2v) is 3.89. The summed E-state index contributed by atoms with van der Waals surface area (Å²) in [5.41, 5.74) is 1.03. The molecule has 1 atom stereocenters. The van der Waals surface area contributed by atoms with Crippen LogP contribution in [-0.2, 0) is 4.79 Å². The molecule has 76 valence electrons. The second kappa shape index (κ2) is 4.46. The molecule has 1 aromatic carbocycles. The Bertz CT molecular complexity index is 349. The van der Waals surface area contributed by atoms with Crippen molar-refractivity contribution in [2.45, 2.75) is 20.0 Å². The van der Waals surface area contributed by atoms with Crippen molar-refractivity contribution in [2.75, 3.05) is 0 Å². The van der Waals surface area contributed by atoms with Crippen molar-refractivity contribution in [3.63, 3.8) is 0 Å². The van der Waals surface area contributed by atoms with Crippen molar-refractivity contribution in [1.82, 2.24) is 0 Å². The topological polar surface area (TPSA) is 46.5 Å². The first-order valence-electron chi connectivity index (χ1n) is 4.16. The molecular weight excluding hydrogens is 248 g/mol. The molecule has 0 aliphatic rings. The summed E-state index contributed by atoms with van der Waals surface area (Å²) >= 11 is 3.29. The Hall–Kier alpha value is -1.03. The number of carboxylic acid groups (broad SMARTS) is 1. The van der Waals surface area contributed by atoms with Crippen LogP contribution in [0.3, 0.4) is 0 Å². The van der Waals surface area contributed by atoms with Crippen molar-refractivity contribution in [3.8, 4) is 5.75 Å². The Morgan fingerprint density at radius 1 is 1.57 bits per heavy atom. The van der Waals surface area contributed by atoms with Crippen LogP contribution in [0.15, 0.2) is 22.7 Å². The lowest BCUT2D eigenvalue weighted by molar-refractivity contribution is -0.144. The smallest absolute Gasteiger partial charge is 0.344 e. The van der Waals surface area contributed by atoms with Gasteiger partial charge in [0.05, 0.1) is 4.47 Å². The molecule has 0 saturated carbocycles. The summed E-state index contributed by atoms with van der Waals surface area (Å²) in [6, 6.07) is 5.55. The summed E-state index contributed by atoms with van der Waals surface area (Å²) in [7, 11) is 0. The molecule has 0 bridgehead atoms. The number of hydrogen-bond donors (Lipinski definition) is 1. The highest BCUT2D eigenvalue weighted by Crippen LogP contribution is 2.26. The number of ether oxygens (including phenoxy) is 1. The minimum Gasteiger partial charge on any atom is -0.479 e. The van der Waals surface area contributed by atoms with E-state index in [0.29, 0.717) is 5.75 Å². The van der Waals surface area contributed by atoms with Gasteiger partial charge in [0.2, 0.25) is 0 Å². The molecule has 0 saturated heterocycles. The third-order valence-electron chi connectivity index (χ3n) is 1.74. The molecule has 0 fully saturated rings. The van der Waals surface area contributed by atoms with Gasteiger partial charge in [0.15, 0.2) is 6.10 Å². The number of carbonyl (C=O) groups is 1. The molecule has 14 heavy (non-hydrogen) atoms. The van der Waals surface area contributed by atoms with Crippen molar-refractivity contribution in [2.24, 2.45) is 0 Å². The fraction of sp³-hybridized carbons (Fsp3) is 0.300. The molecule has 0 aliphatic carbocycles. The molecule has 1 aromatic rings. The van der Waals surface area contributed by atoms with Gasteiger partial charge >= 0.3 is 5.97 Å². The van der Waals surface area contributed by atoms with E-state index in [9.17, 15) is 4.79 Å². The molecule has 0 heterocycles. The van der Waals surface area contributed by atoms with E-state index in [0.717, 1.165) is 10.0 Å². The molecule has 0 aromatic heterocycles. The van der Waals surface area contributed by atoms with Gasteiger partial charge in [0, 0.05) is 0 Å². The number of aliphatic carboxylic acids is 1. The zero-order valence-corrected chi connectivity index (χ0v) is 9.54. The van der Waals surface area contributed by atoms with Gasteiger partial charge in [-0.2, -0.15) is 0 Å². The van der Waals surface area contributed by atoms with Crippen molar-refractivity contribution in [1.29, 1.82) is 0 Å². The van der Waals surface area contributed by atoms with E-state index in [-0.39, 0.29) is 0 Å². The maximum Gasteiger partial charge on any atom is 0.344 e. The Morgan fingerprint density at radius 3 is 2.79 bits per heavy atom. The van der Waals surface area contributed by atoms with Gasteiger partial charge in [-0.1, -0.05) is 6.07 Å². The average molecular weight is 259 g/mol. The molecule has 1 rings (SSSR count). The van der Waals surface area contributed by atoms with Crippen LogP contribution in [0.1, 0.15) is 12.5 Å². The fourth-order valence-corrected chi connectivity index (χ4v) is 1.28. The molecule has 0 aliphatic heterocycles. The van der Waals surface area contributed by atoms with E-state index in [1.807, 2.05) is 19.1 Å². The highest BCUT2D eigenvalue weighted by molar-refractivity contribution is 9.10. The minimum atomic E-state index is -0.974. The summed E-state index contributed by atoms with van der Waals surface area (Å²) in [6.45, 7) is 3.42. The molecule has 1 N–H and O–H groups in total. The molecule has 3 nitrogen and oxygen atoms in total. The maximum atomic E-state index is 10.6. The van der Waals surface area contributed by atoms with E-state index in [1.54, 1.807) is 6.07 Å². The fourth-order valence-electron chi connectivity index (χ4n) is 0.942. The molecule has 0 spiro atoms. The number of benzene rings is 1. The van der Waals surface area contributed by atoms with Crippen molar-refractivity contribution in [3.05, 3.63) is 28.2 Å². The quantitative estimate of drug-likeness (QED) is 0.907. The van der Waals surface area contributed by atoms with E-state index in [2.05, 4.69) is 15.9 Å². The van der Waals surface area contributed by atoms with Crippen LogP contribution in [0.4, 0.5) is 0 Å². The summed E-state index contributed by atoms with van der Waals surface area (Å²) in [5.74, 6) is -0.418. The Kier molecular flexibility index (Phi) is 3.52. The summed E-state index contributed by atoms with van der Waals surface area (Å²) in [6.07, 6.45) is -0.840. The first-order valence-corrected chi connectivity index (χ1v) is 4.95. The van der Waals surface area contributed by atoms with E-state index >= 15 is 0 Å². The molecular formula is C10H11BrO3. The highest BCUT2D eigenvalue weighted by Gasteiger charge is 2.13. The van der Waals surface area contributed by atoms with Crippen LogP contribution >= 0.6 is 15.9 Å². The zero-order chi connectivity index (χ0) is 10.7. The predicted molar refractivity (Wildman–Crippen MR) is 56.6 cm³/mol. The van der Waals surface area contributed by atoms with Crippen LogP contribution < -0.4 is 4.74 Å². The van der Waals surface area contributed by atoms with E-state index < -0.39 is 12.1 Å². The van der Waals surface area contributed by atoms with Crippen LogP contribution in [0.25, 0.3) is 0 Å². The number of hydrogen-bond acceptors (Lipinski definition) is 2. The highest BCUT2D eigenvalue weighted by atomic mass is 79.9. The number of rotatable bonds is 3. The molecule has 1 unspecified atom stereocenters. The molecule has 0 amide bonds. The number of halogens is 1. The zero-order valence-electron chi connectivity index (χ0n) is 7.95. The first-order chi connectivity index (χ1) is 6.50. The average Bonchev–Trinajstić information content (AvgIpc) is 2.11. The minimum absolute atomic E-state index is 0.555. The van der Waals surface area contributed by atoms with Gasteiger partial charge in [-0.3, -0.25) is 0 Å². The van der Waals surface area contributed by atoms with E-state index in [1.165, 1.54) is 6.92 Å². The largest absolute Gasteiger partial charge is 0.479 e. The maximum absolute atomic E-state index is 10.6. The SMILES string of the molecule is Cc1ccc(Br)c(OC(C)C(=O)O)c1. The van der Waals surface area contributed by atoms with Gasteiger partial charge < -0.3 is 9.84 Å². The Morgan fingerprint density at radius 2 is 2.21 bits per heavy atom. The van der Waals surface area contributed by atoms with Gasteiger partial charge in [0.1, 0.15) is 5.75 Å². The second-order valence-electron chi connectivity index (χ2n) is 3.03. The molecule has 0 radical (unpaired) electrons. The Balaban J connectivity index is 2.85. The van der Waals surface area contributed by atoms with Gasteiger partial charge in [-0.25, -0.2) is 4.79 Å². The molecule has 4 heteroatoms. The number of carboxylic acids is 1. The normalized spacial score (nSPS) is 12.2. The first kappa shape index (κ1) is 11.0. The lowest BCUT2D eigenvalue weighted by atomic mass is 10.2. The van der Waals surface area contributed by atoms with Gasteiger partial charge in [-0.05, 0) is 47.5 Å². The lowest BCUT2D eigenvalue weighted by Gasteiger charge is -2.12. The standard InChI is InChI=1S/C10H11BrO3/c1-6-3-4-8(11)9(5-6)14-7(2)10(12)13/h3-5,7H,1-2H3,(H,12,13). The van der Waals surface area contributed by atoms with Crippen LogP contribution in [0.2, 0.25) is 0 Å². The monoisotopic (exact) mass is 258 g/mol. The van der Waals surface area contributed by atoms with Crippen molar-refractivity contribution >= 4 is 21.9 Å². The Labute approximate surface area is 90.8 Å². The summed E-state index contributed by atoms with van der Waals surface area (Å²) in [5, 5.41) is 8.66.